The first-order valence-corrected chi connectivity index (χ1v) is 12.2. The monoisotopic (exact) mass is 538 g/mol. The van der Waals surface area contributed by atoms with Gasteiger partial charge in [-0.05, 0) is 69.9 Å². The first kappa shape index (κ1) is 23.4. The number of ether oxygens (including phenoxy) is 2. The minimum Gasteiger partial charge on any atom is -0.493 e. The normalized spacial score (nSPS) is 24.2. The van der Waals surface area contributed by atoms with E-state index in [1.165, 1.54) is 12.8 Å². The Morgan fingerprint density at radius 2 is 2.12 bits per heavy atom. The van der Waals surface area contributed by atoms with Crippen LogP contribution in [-0.4, -0.2) is 19.2 Å². The molecule has 0 aliphatic heterocycles. The predicted octanol–water partition coefficient (Wildman–Crippen LogP) is 6.62. The topological polar surface area (TPSA) is 59.9 Å². The fourth-order valence-corrected chi connectivity index (χ4v) is 5.87. The number of hydrogen-bond acceptors (Lipinski definition) is 4. The van der Waals surface area contributed by atoms with Crippen molar-refractivity contribution in [2.45, 2.75) is 39.2 Å². The molecule has 0 bridgehead atoms. The number of rotatable bonds is 7. The van der Waals surface area contributed by atoms with E-state index in [1.807, 2.05) is 12.1 Å². The Morgan fingerprint density at radius 3 is 2.81 bits per heavy atom. The van der Waals surface area contributed by atoms with Crippen LogP contribution in [0.3, 0.4) is 0 Å². The summed E-state index contributed by atoms with van der Waals surface area (Å²) in [4.78, 5) is 12.6. The Balaban J connectivity index is 1.41. The van der Waals surface area contributed by atoms with E-state index in [0.29, 0.717) is 31.9 Å². The van der Waals surface area contributed by atoms with Gasteiger partial charge in [0, 0.05) is 21.5 Å². The van der Waals surface area contributed by atoms with Crippen LogP contribution in [-0.2, 0) is 11.4 Å². The third-order valence-electron chi connectivity index (χ3n) is 6.64. The third-order valence-corrected chi connectivity index (χ3v) is 7.82. The maximum Gasteiger partial charge on any atom is 0.244 e. The maximum atomic E-state index is 12.6. The van der Waals surface area contributed by atoms with E-state index >= 15 is 0 Å². The van der Waals surface area contributed by atoms with E-state index in [0.717, 1.165) is 24.0 Å². The summed E-state index contributed by atoms with van der Waals surface area (Å²) >= 11 is 15.7. The average Bonchev–Trinajstić information content (AvgIpc) is 3.39. The van der Waals surface area contributed by atoms with Gasteiger partial charge in [-0.1, -0.05) is 49.0 Å². The lowest BCUT2D eigenvalue weighted by Gasteiger charge is -2.15. The van der Waals surface area contributed by atoms with Gasteiger partial charge < -0.3 is 9.47 Å². The summed E-state index contributed by atoms with van der Waals surface area (Å²) in [6.45, 7) is 2.48. The molecular weight excluding hydrogens is 515 g/mol. The van der Waals surface area contributed by atoms with Gasteiger partial charge in [0.2, 0.25) is 5.91 Å². The lowest BCUT2D eigenvalue weighted by atomic mass is 9.90. The summed E-state index contributed by atoms with van der Waals surface area (Å²) in [5, 5.41) is 5.29. The van der Waals surface area contributed by atoms with Crippen LogP contribution in [0.15, 0.2) is 39.9 Å². The number of methoxy groups -OCH3 is 1. The zero-order valence-corrected chi connectivity index (χ0v) is 21.1. The first-order chi connectivity index (χ1) is 15.3. The second-order valence-corrected chi connectivity index (χ2v) is 10.3. The molecule has 2 fully saturated rings. The molecule has 0 heterocycles. The van der Waals surface area contributed by atoms with Gasteiger partial charge in [0.25, 0.3) is 0 Å². The van der Waals surface area contributed by atoms with Crippen LogP contribution in [0.1, 0.15) is 43.7 Å². The van der Waals surface area contributed by atoms with Crippen molar-refractivity contribution in [3.05, 3.63) is 56.0 Å². The van der Waals surface area contributed by atoms with Crippen molar-refractivity contribution in [3.8, 4) is 11.5 Å². The molecule has 0 saturated heterocycles. The van der Waals surface area contributed by atoms with Crippen LogP contribution in [0.5, 0.6) is 11.5 Å². The average molecular weight is 540 g/mol. The van der Waals surface area contributed by atoms with Crippen molar-refractivity contribution in [2.24, 2.45) is 22.4 Å². The number of hydrazone groups is 1. The number of hydrogen-bond donors (Lipinski definition) is 1. The highest BCUT2D eigenvalue weighted by Gasteiger charge is 2.64. The van der Waals surface area contributed by atoms with E-state index < -0.39 is 0 Å². The van der Waals surface area contributed by atoms with Crippen molar-refractivity contribution in [1.29, 1.82) is 0 Å². The molecule has 8 heteroatoms. The summed E-state index contributed by atoms with van der Waals surface area (Å²) in [6.07, 6.45) is 6.32. The van der Waals surface area contributed by atoms with Gasteiger partial charge in [-0.15, -0.1) is 0 Å². The molecule has 170 valence electrons. The largest absolute Gasteiger partial charge is 0.493 e. The standard InChI is InChI=1S/C24H25BrCl2N2O3/c1-24-8-4-3-5-17(24)21(24)23(30)29-28-12-14-9-18(25)22(20(10-14)31-2)32-13-15-6-7-16(26)11-19(15)27/h6-7,9-12,17,21H,3-5,8,13H2,1-2H3,(H,29,30)/b28-12+/t17-,21+,24-/m1/s1. The van der Waals surface area contributed by atoms with E-state index in [2.05, 4.69) is 33.4 Å². The van der Waals surface area contributed by atoms with Gasteiger partial charge in [0.1, 0.15) is 6.61 Å². The van der Waals surface area contributed by atoms with Crippen molar-refractivity contribution < 1.29 is 14.3 Å². The van der Waals surface area contributed by atoms with E-state index in [9.17, 15) is 4.79 Å². The molecule has 2 aliphatic carbocycles. The summed E-state index contributed by atoms with van der Waals surface area (Å²) in [7, 11) is 1.57. The smallest absolute Gasteiger partial charge is 0.244 e. The second-order valence-electron chi connectivity index (χ2n) is 8.63. The van der Waals surface area contributed by atoms with Gasteiger partial charge in [-0.2, -0.15) is 5.10 Å². The molecule has 0 radical (unpaired) electrons. The summed E-state index contributed by atoms with van der Waals surface area (Å²) in [5.74, 6) is 1.69. The molecule has 5 nitrogen and oxygen atoms in total. The lowest BCUT2D eigenvalue weighted by Crippen LogP contribution is -2.22. The molecule has 0 aromatic heterocycles. The van der Waals surface area contributed by atoms with Crippen LogP contribution in [0.2, 0.25) is 10.0 Å². The molecule has 0 spiro atoms. The number of amides is 1. The highest BCUT2D eigenvalue weighted by molar-refractivity contribution is 9.10. The molecule has 1 amide bonds. The van der Waals surface area contributed by atoms with E-state index in [4.69, 9.17) is 32.7 Å². The number of nitrogens with one attached hydrogen (secondary N) is 1. The fraction of sp³-hybridized carbons (Fsp3) is 0.417. The molecule has 2 aromatic carbocycles. The fourth-order valence-electron chi connectivity index (χ4n) is 4.83. The summed E-state index contributed by atoms with van der Waals surface area (Å²) in [5.41, 5.74) is 4.47. The number of benzene rings is 2. The van der Waals surface area contributed by atoms with Crippen molar-refractivity contribution in [1.82, 2.24) is 5.43 Å². The number of nitrogens with zero attached hydrogens (tertiary/aromatic N) is 1. The van der Waals surface area contributed by atoms with E-state index in [-0.39, 0.29) is 23.8 Å². The molecule has 1 N–H and O–H groups in total. The van der Waals surface area contributed by atoms with Crippen LogP contribution in [0, 0.1) is 17.3 Å². The first-order valence-electron chi connectivity index (χ1n) is 10.6. The molecule has 2 aromatic rings. The highest BCUT2D eigenvalue weighted by atomic mass is 79.9. The zero-order valence-electron chi connectivity index (χ0n) is 18.0. The van der Waals surface area contributed by atoms with Crippen molar-refractivity contribution >= 4 is 51.3 Å². The predicted molar refractivity (Wildman–Crippen MR) is 131 cm³/mol. The Hall–Kier alpha value is -1.76. The lowest BCUT2D eigenvalue weighted by molar-refractivity contribution is -0.123. The van der Waals surface area contributed by atoms with E-state index in [1.54, 1.807) is 31.5 Å². The molecule has 32 heavy (non-hydrogen) atoms. The number of fused-ring (bicyclic) bond motifs is 1. The quantitative estimate of drug-likeness (QED) is 0.317. The minimum absolute atomic E-state index is 0.0153. The third kappa shape index (κ3) is 4.78. The van der Waals surface area contributed by atoms with Gasteiger partial charge in [0.15, 0.2) is 11.5 Å². The van der Waals surface area contributed by atoms with Gasteiger partial charge >= 0.3 is 0 Å². The van der Waals surface area contributed by atoms with Crippen LogP contribution in [0.25, 0.3) is 0 Å². The van der Waals surface area contributed by atoms with Crippen LogP contribution >= 0.6 is 39.1 Å². The molecule has 2 aliphatic rings. The highest BCUT2D eigenvalue weighted by Crippen LogP contribution is 2.66. The Morgan fingerprint density at radius 1 is 1.31 bits per heavy atom. The number of carbonyl (C=O) groups is 1. The zero-order chi connectivity index (χ0) is 22.9. The summed E-state index contributed by atoms with van der Waals surface area (Å²) in [6, 6.07) is 8.93. The summed E-state index contributed by atoms with van der Waals surface area (Å²) < 4.78 is 12.2. The SMILES string of the molecule is COc1cc(/C=N/NC(=O)[C@@H]2[C@H]3CCCC[C@]32C)cc(Br)c1OCc1ccc(Cl)cc1Cl. The molecular formula is C24H25BrCl2N2O3. The van der Waals surface area contributed by atoms with Crippen LogP contribution < -0.4 is 14.9 Å². The Labute approximate surface area is 206 Å². The molecule has 3 atom stereocenters. The van der Waals surface area contributed by atoms with Gasteiger partial charge in [-0.3, -0.25) is 4.79 Å². The molecule has 4 rings (SSSR count). The second kappa shape index (κ2) is 9.62. The Bertz CT molecular complexity index is 1060. The van der Waals surface area contributed by atoms with Crippen molar-refractivity contribution in [3.63, 3.8) is 0 Å². The molecule has 0 unspecified atom stereocenters. The molecule has 2 saturated carbocycles. The van der Waals surface area contributed by atoms with Crippen molar-refractivity contribution in [2.75, 3.05) is 7.11 Å². The maximum absolute atomic E-state index is 12.6. The number of halogens is 3. The number of carbonyl (C=O) groups excluding carboxylic acids is 1. The Kier molecular flexibility index (Phi) is 7.03. The van der Waals surface area contributed by atoms with Crippen LogP contribution in [0.4, 0.5) is 0 Å². The minimum atomic E-state index is 0.0153. The van der Waals surface area contributed by atoms with Gasteiger partial charge in [0.05, 0.1) is 17.8 Å². The van der Waals surface area contributed by atoms with Gasteiger partial charge in [-0.25, -0.2) is 5.43 Å².